The van der Waals surface area contributed by atoms with Gasteiger partial charge in [-0.2, -0.15) is 0 Å². The molecule has 0 aromatic heterocycles. The second kappa shape index (κ2) is 5.41. The summed E-state index contributed by atoms with van der Waals surface area (Å²) in [5.74, 6) is 0. The van der Waals surface area contributed by atoms with Crippen LogP contribution in [0, 0.1) is 0 Å². The number of benzene rings is 1. The maximum absolute atomic E-state index is 6.43. The highest BCUT2D eigenvalue weighted by atomic mass is 16.5. The summed E-state index contributed by atoms with van der Waals surface area (Å²) in [5.41, 5.74) is 9.01. The van der Waals surface area contributed by atoms with Crippen LogP contribution in [0.1, 0.15) is 57.2 Å². The minimum atomic E-state index is -0.0818. The minimum absolute atomic E-state index is 0.00882. The Morgan fingerprint density at radius 2 is 2.06 bits per heavy atom. The molecule has 0 fully saturated rings. The van der Waals surface area contributed by atoms with E-state index < -0.39 is 0 Å². The lowest BCUT2D eigenvalue weighted by Gasteiger charge is -2.33. The Balaban J connectivity index is 2.20. The summed E-state index contributed by atoms with van der Waals surface area (Å²) in [6.07, 6.45) is 4.49. The Labute approximate surface area is 111 Å². The van der Waals surface area contributed by atoms with Crippen molar-refractivity contribution in [2.24, 2.45) is 5.73 Å². The van der Waals surface area contributed by atoms with Crippen molar-refractivity contribution in [3.8, 4) is 0 Å². The van der Waals surface area contributed by atoms with Gasteiger partial charge in [-0.15, -0.1) is 0 Å². The highest BCUT2D eigenvalue weighted by Crippen LogP contribution is 2.32. The molecule has 1 aromatic rings. The molecule has 0 radical (unpaired) electrons. The van der Waals surface area contributed by atoms with Crippen molar-refractivity contribution in [1.82, 2.24) is 0 Å². The number of aryl methyl sites for hydroxylation is 1. The standard InChI is InChI=1S/C16H25NO/c1-4-16(2,3)18-14-11-7-9-12-8-5-6-10-13(12)15(14)17/h5-6,8,10,14-15H,4,7,9,11,17H2,1-3H3. The van der Waals surface area contributed by atoms with Gasteiger partial charge in [0.05, 0.1) is 17.7 Å². The van der Waals surface area contributed by atoms with E-state index in [9.17, 15) is 0 Å². The fraction of sp³-hybridized carbons (Fsp3) is 0.625. The molecule has 2 nitrogen and oxygen atoms in total. The zero-order valence-corrected chi connectivity index (χ0v) is 11.8. The van der Waals surface area contributed by atoms with Crippen molar-refractivity contribution in [3.63, 3.8) is 0 Å². The van der Waals surface area contributed by atoms with Gasteiger partial charge in [0, 0.05) is 0 Å². The van der Waals surface area contributed by atoms with Crippen LogP contribution in [0.15, 0.2) is 24.3 Å². The predicted octanol–water partition coefficient (Wildman–Crippen LogP) is 3.60. The van der Waals surface area contributed by atoms with E-state index >= 15 is 0 Å². The lowest BCUT2D eigenvalue weighted by Crippen LogP contribution is -2.36. The number of ether oxygens (including phenoxy) is 1. The SMILES string of the molecule is CCC(C)(C)OC1CCCc2ccccc2C1N. The van der Waals surface area contributed by atoms with Crippen LogP contribution in [-0.2, 0) is 11.2 Å². The number of hydrogen-bond donors (Lipinski definition) is 1. The molecule has 2 rings (SSSR count). The van der Waals surface area contributed by atoms with Crippen LogP contribution >= 0.6 is 0 Å². The highest BCUT2D eigenvalue weighted by molar-refractivity contribution is 5.31. The fourth-order valence-corrected chi connectivity index (χ4v) is 2.59. The summed E-state index contributed by atoms with van der Waals surface area (Å²) in [7, 11) is 0. The first-order valence-electron chi connectivity index (χ1n) is 7.04. The van der Waals surface area contributed by atoms with E-state index in [0.29, 0.717) is 0 Å². The number of nitrogens with two attached hydrogens (primary N) is 1. The van der Waals surface area contributed by atoms with Crippen molar-refractivity contribution in [2.45, 2.75) is 64.2 Å². The third kappa shape index (κ3) is 2.93. The maximum Gasteiger partial charge on any atom is 0.0775 e. The molecule has 100 valence electrons. The van der Waals surface area contributed by atoms with Crippen LogP contribution in [0.3, 0.4) is 0 Å². The van der Waals surface area contributed by atoms with Crippen LogP contribution < -0.4 is 5.73 Å². The average Bonchev–Trinajstić information content (AvgIpc) is 2.51. The van der Waals surface area contributed by atoms with Crippen molar-refractivity contribution in [2.75, 3.05) is 0 Å². The van der Waals surface area contributed by atoms with Crippen LogP contribution in [0.4, 0.5) is 0 Å². The van der Waals surface area contributed by atoms with Gasteiger partial charge in [0.15, 0.2) is 0 Å². The Morgan fingerprint density at radius 1 is 1.33 bits per heavy atom. The van der Waals surface area contributed by atoms with Crippen molar-refractivity contribution in [3.05, 3.63) is 35.4 Å². The summed E-state index contributed by atoms with van der Waals surface area (Å²) in [6.45, 7) is 6.46. The Hall–Kier alpha value is -0.860. The zero-order valence-electron chi connectivity index (χ0n) is 11.8. The zero-order chi connectivity index (χ0) is 13.2. The number of hydrogen-bond acceptors (Lipinski definition) is 2. The lowest BCUT2D eigenvalue weighted by molar-refractivity contribution is -0.0861. The van der Waals surface area contributed by atoms with Crippen LogP contribution in [0.2, 0.25) is 0 Å². The van der Waals surface area contributed by atoms with Gasteiger partial charge in [0.1, 0.15) is 0 Å². The molecule has 0 spiro atoms. The molecule has 0 saturated carbocycles. The molecule has 1 aliphatic rings. The van der Waals surface area contributed by atoms with Gasteiger partial charge in [-0.1, -0.05) is 31.2 Å². The van der Waals surface area contributed by atoms with Crippen molar-refractivity contribution in [1.29, 1.82) is 0 Å². The third-order valence-corrected chi connectivity index (χ3v) is 4.07. The van der Waals surface area contributed by atoms with E-state index in [1.165, 1.54) is 11.1 Å². The van der Waals surface area contributed by atoms with E-state index in [4.69, 9.17) is 10.5 Å². The molecule has 1 aromatic carbocycles. The quantitative estimate of drug-likeness (QED) is 0.828. The van der Waals surface area contributed by atoms with Gasteiger partial charge in [0.2, 0.25) is 0 Å². The van der Waals surface area contributed by atoms with E-state index in [1.54, 1.807) is 0 Å². The monoisotopic (exact) mass is 247 g/mol. The Kier molecular flexibility index (Phi) is 4.08. The van der Waals surface area contributed by atoms with Crippen molar-refractivity contribution >= 4 is 0 Å². The lowest BCUT2D eigenvalue weighted by atomic mass is 9.97. The molecule has 0 aliphatic heterocycles. The first-order valence-corrected chi connectivity index (χ1v) is 7.04. The highest BCUT2D eigenvalue weighted by Gasteiger charge is 2.29. The van der Waals surface area contributed by atoms with E-state index in [-0.39, 0.29) is 17.7 Å². The molecule has 0 bridgehead atoms. The van der Waals surface area contributed by atoms with E-state index in [0.717, 1.165) is 25.7 Å². The van der Waals surface area contributed by atoms with Crippen LogP contribution in [0.5, 0.6) is 0 Å². The van der Waals surface area contributed by atoms with E-state index in [2.05, 4.69) is 45.0 Å². The van der Waals surface area contributed by atoms with Crippen molar-refractivity contribution < 1.29 is 4.74 Å². The smallest absolute Gasteiger partial charge is 0.0775 e. The molecule has 2 unspecified atom stereocenters. The summed E-state index contributed by atoms with van der Waals surface area (Å²) in [6, 6.07) is 8.53. The molecule has 0 amide bonds. The molecule has 2 atom stereocenters. The first kappa shape index (κ1) is 13.6. The number of rotatable bonds is 3. The largest absolute Gasteiger partial charge is 0.370 e. The molecular weight excluding hydrogens is 222 g/mol. The minimum Gasteiger partial charge on any atom is -0.370 e. The maximum atomic E-state index is 6.43. The molecule has 0 saturated heterocycles. The second-order valence-corrected chi connectivity index (χ2v) is 5.89. The van der Waals surface area contributed by atoms with Crippen LogP contribution in [-0.4, -0.2) is 11.7 Å². The Bertz CT molecular complexity index is 400. The molecular formula is C16H25NO. The summed E-state index contributed by atoms with van der Waals surface area (Å²) >= 11 is 0. The van der Waals surface area contributed by atoms with Gasteiger partial charge in [0.25, 0.3) is 0 Å². The molecule has 2 heteroatoms. The summed E-state index contributed by atoms with van der Waals surface area (Å²) in [5, 5.41) is 0. The van der Waals surface area contributed by atoms with Gasteiger partial charge in [-0.3, -0.25) is 0 Å². The van der Waals surface area contributed by atoms with E-state index in [1.807, 2.05) is 0 Å². The molecule has 1 aliphatic carbocycles. The van der Waals surface area contributed by atoms with Gasteiger partial charge >= 0.3 is 0 Å². The molecule has 18 heavy (non-hydrogen) atoms. The molecule has 0 heterocycles. The fourth-order valence-electron chi connectivity index (χ4n) is 2.59. The first-order chi connectivity index (χ1) is 8.53. The van der Waals surface area contributed by atoms with Gasteiger partial charge < -0.3 is 10.5 Å². The predicted molar refractivity (Wildman–Crippen MR) is 75.6 cm³/mol. The van der Waals surface area contributed by atoms with Crippen LogP contribution in [0.25, 0.3) is 0 Å². The van der Waals surface area contributed by atoms with Gasteiger partial charge in [-0.05, 0) is 50.7 Å². The summed E-state index contributed by atoms with van der Waals surface area (Å²) < 4.78 is 6.25. The topological polar surface area (TPSA) is 35.2 Å². The number of fused-ring (bicyclic) bond motifs is 1. The normalized spacial score (nSPS) is 24.4. The molecule has 2 N–H and O–H groups in total. The summed E-state index contributed by atoms with van der Waals surface area (Å²) in [4.78, 5) is 0. The average molecular weight is 247 g/mol. The third-order valence-electron chi connectivity index (χ3n) is 4.07. The van der Waals surface area contributed by atoms with Gasteiger partial charge in [-0.25, -0.2) is 0 Å². The second-order valence-electron chi connectivity index (χ2n) is 5.89. The Morgan fingerprint density at radius 3 is 2.78 bits per heavy atom.